The summed E-state index contributed by atoms with van der Waals surface area (Å²) < 4.78 is 0. The third kappa shape index (κ3) is 2.84. The van der Waals surface area contributed by atoms with Crippen LogP contribution >= 0.6 is 0 Å². The van der Waals surface area contributed by atoms with Crippen molar-refractivity contribution in [2.75, 3.05) is 20.1 Å². The number of piperidine rings is 1. The van der Waals surface area contributed by atoms with Gasteiger partial charge in [-0.15, -0.1) is 0 Å². The van der Waals surface area contributed by atoms with Gasteiger partial charge in [-0.1, -0.05) is 48.5 Å². The first kappa shape index (κ1) is 14.3. The molecule has 3 aromatic rings. The molecular weight excluding hydrogens is 282 g/mol. The Bertz CT molecular complexity index is 805. The van der Waals surface area contributed by atoms with E-state index in [0.29, 0.717) is 5.92 Å². The first-order valence-corrected chi connectivity index (χ1v) is 8.32. The number of rotatable bonds is 2. The van der Waals surface area contributed by atoms with Crippen molar-refractivity contribution in [2.24, 2.45) is 0 Å². The lowest BCUT2D eigenvalue weighted by Gasteiger charge is -2.28. The molecule has 116 valence electrons. The smallest absolute Gasteiger partial charge is 0.132 e. The molecule has 0 radical (unpaired) electrons. The predicted octanol–water partition coefficient (Wildman–Crippen LogP) is 4.11. The summed E-state index contributed by atoms with van der Waals surface area (Å²) >= 11 is 0. The topological polar surface area (TPSA) is 29.0 Å². The Morgan fingerprint density at radius 2 is 1.57 bits per heavy atom. The minimum absolute atomic E-state index is 0.471. The van der Waals surface area contributed by atoms with Crippen molar-refractivity contribution >= 4 is 10.9 Å². The van der Waals surface area contributed by atoms with Gasteiger partial charge in [0.2, 0.25) is 0 Å². The highest BCUT2D eigenvalue weighted by molar-refractivity contribution is 5.92. The molecular formula is C20H21N3. The lowest BCUT2D eigenvalue weighted by Crippen LogP contribution is -2.30. The Morgan fingerprint density at radius 1 is 0.870 bits per heavy atom. The van der Waals surface area contributed by atoms with Crippen molar-refractivity contribution in [2.45, 2.75) is 18.8 Å². The fourth-order valence-electron chi connectivity index (χ4n) is 3.36. The van der Waals surface area contributed by atoms with Gasteiger partial charge in [0.25, 0.3) is 0 Å². The van der Waals surface area contributed by atoms with E-state index in [9.17, 15) is 0 Å². The third-order valence-corrected chi connectivity index (χ3v) is 4.75. The highest BCUT2D eigenvalue weighted by Crippen LogP contribution is 2.31. The molecule has 4 rings (SSSR count). The average Bonchev–Trinajstić information content (AvgIpc) is 2.62. The molecule has 2 aromatic carbocycles. The van der Waals surface area contributed by atoms with E-state index in [4.69, 9.17) is 9.97 Å². The first-order chi connectivity index (χ1) is 11.3. The maximum absolute atomic E-state index is 4.99. The highest BCUT2D eigenvalue weighted by Gasteiger charge is 2.22. The van der Waals surface area contributed by atoms with Crippen LogP contribution in [0, 0.1) is 0 Å². The Morgan fingerprint density at radius 3 is 2.35 bits per heavy atom. The number of hydrogen-bond donors (Lipinski definition) is 0. The molecule has 2 heterocycles. The molecule has 3 heteroatoms. The minimum atomic E-state index is 0.471. The standard InChI is InChI=1S/C20H21N3/c1-23-13-11-16(12-14-23)20-21-18-10-6-5-9-17(18)19(22-20)15-7-3-2-4-8-15/h2-10,16H,11-14H2,1H3. The molecule has 0 unspecified atom stereocenters. The fraction of sp³-hybridized carbons (Fsp3) is 0.300. The van der Waals surface area contributed by atoms with Gasteiger partial charge in [-0.25, -0.2) is 9.97 Å². The van der Waals surface area contributed by atoms with E-state index in [0.717, 1.165) is 48.4 Å². The van der Waals surface area contributed by atoms with Crippen LogP contribution in [0.3, 0.4) is 0 Å². The molecule has 0 bridgehead atoms. The van der Waals surface area contributed by atoms with Crippen molar-refractivity contribution in [1.29, 1.82) is 0 Å². The second kappa shape index (κ2) is 6.09. The second-order valence-electron chi connectivity index (χ2n) is 6.39. The maximum Gasteiger partial charge on any atom is 0.132 e. The average molecular weight is 303 g/mol. The molecule has 23 heavy (non-hydrogen) atoms. The van der Waals surface area contributed by atoms with Crippen molar-refractivity contribution in [3.8, 4) is 11.3 Å². The van der Waals surface area contributed by atoms with E-state index < -0.39 is 0 Å². The van der Waals surface area contributed by atoms with E-state index in [1.165, 1.54) is 5.56 Å². The number of fused-ring (bicyclic) bond motifs is 1. The lowest BCUT2D eigenvalue weighted by atomic mass is 9.95. The molecule has 0 spiro atoms. The van der Waals surface area contributed by atoms with Crippen molar-refractivity contribution in [3.63, 3.8) is 0 Å². The second-order valence-corrected chi connectivity index (χ2v) is 6.39. The van der Waals surface area contributed by atoms with E-state index in [1.54, 1.807) is 0 Å². The molecule has 0 saturated carbocycles. The van der Waals surface area contributed by atoms with Crippen LogP contribution in [0.15, 0.2) is 54.6 Å². The van der Waals surface area contributed by atoms with Gasteiger partial charge in [-0.2, -0.15) is 0 Å². The Balaban J connectivity index is 1.84. The summed E-state index contributed by atoms with van der Waals surface area (Å²) in [6.07, 6.45) is 2.28. The molecule has 0 N–H and O–H groups in total. The quantitative estimate of drug-likeness (QED) is 0.713. The van der Waals surface area contributed by atoms with E-state index in [2.05, 4.69) is 60.5 Å². The maximum atomic E-state index is 4.99. The van der Waals surface area contributed by atoms with Gasteiger partial charge < -0.3 is 4.90 Å². The summed E-state index contributed by atoms with van der Waals surface area (Å²) in [5.41, 5.74) is 3.28. The van der Waals surface area contributed by atoms with Crippen molar-refractivity contribution < 1.29 is 0 Å². The number of nitrogens with zero attached hydrogens (tertiary/aromatic N) is 3. The Hall–Kier alpha value is -2.26. The molecule has 1 aliphatic heterocycles. The van der Waals surface area contributed by atoms with Crippen LogP contribution in [0.2, 0.25) is 0 Å². The van der Waals surface area contributed by atoms with Gasteiger partial charge in [0.1, 0.15) is 5.82 Å². The van der Waals surface area contributed by atoms with Crippen LogP contribution in [0.5, 0.6) is 0 Å². The van der Waals surface area contributed by atoms with E-state index >= 15 is 0 Å². The summed E-state index contributed by atoms with van der Waals surface area (Å²) in [6.45, 7) is 2.25. The largest absolute Gasteiger partial charge is 0.306 e. The monoisotopic (exact) mass is 303 g/mol. The summed E-state index contributed by atoms with van der Waals surface area (Å²) in [5, 5.41) is 1.13. The zero-order chi connectivity index (χ0) is 15.6. The van der Waals surface area contributed by atoms with Crippen LogP contribution in [0.25, 0.3) is 22.2 Å². The van der Waals surface area contributed by atoms with Crippen molar-refractivity contribution in [1.82, 2.24) is 14.9 Å². The van der Waals surface area contributed by atoms with E-state index in [1.807, 2.05) is 6.07 Å². The predicted molar refractivity (Wildman–Crippen MR) is 94.4 cm³/mol. The van der Waals surface area contributed by atoms with Crippen LogP contribution in [-0.2, 0) is 0 Å². The molecule has 1 aliphatic rings. The molecule has 3 nitrogen and oxygen atoms in total. The van der Waals surface area contributed by atoms with Crippen molar-refractivity contribution in [3.05, 3.63) is 60.4 Å². The summed E-state index contributed by atoms with van der Waals surface area (Å²) in [4.78, 5) is 12.3. The fourth-order valence-corrected chi connectivity index (χ4v) is 3.36. The number of para-hydroxylation sites is 1. The van der Waals surface area contributed by atoms with Crippen LogP contribution < -0.4 is 0 Å². The number of hydrogen-bond acceptors (Lipinski definition) is 3. The van der Waals surface area contributed by atoms with Gasteiger partial charge in [-0.05, 0) is 39.0 Å². The van der Waals surface area contributed by atoms with Gasteiger partial charge in [0.15, 0.2) is 0 Å². The number of likely N-dealkylation sites (tertiary alicyclic amines) is 1. The lowest BCUT2D eigenvalue weighted by molar-refractivity contribution is 0.251. The van der Waals surface area contributed by atoms with Crippen LogP contribution in [0.4, 0.5) is 0 Å². The van der Waals surface area contributed by atoms with Crippen LogP contribution in [0.1, 0.15) is 24.6 Å². The normalized spacial score (nSPS) is 16.7. The number of benzene rings is 2. The zero-order valence-electron chi connectivity index (χ0n) is 13.4. The zero-order valence-corrected chi connectivity index (χ0v) is 13.4. The molecule has 1 fully saturated rings. The van der Waals surface area contributed by atoms with Gasteiger partial charge >= 0.3 is 0 Å². The first-order valence-electron chi connectivity index (χ1n) is 8.32. The third-order valence-electron chi connectivity index (χ3n) is 4.75. The minimum Gasteiger partial charge on any atom is -0.306 e. The molecule has 0 atom stereocenters. The van der Waals surface area contributed by atoms with Gasteiger partial charge in [-0.3, -0.25) is 0 Å². The number of aromatic nitrogens is 2. The molecule has 1 saturated heterocycles. The Labute approximate surface area is 137 Å². The van der Waals surface area contributed by atoms with Gasteiger partial charge in [0.05, 0.1) is 11.2 Å². The summed E-state index contributed by atoms with van der Waals surface area (Å²) in [6, 6.07) is 18.8. The van der Waals surface area contributed by atoms with Gasteiger partial charge in [0, 0.05) is 16.9 Å². The summed E-state index contributed by atoms with van der Waals surface area (Å²) in [5.74, 6) is 1.48. The summed E-state index contributed by atoms with van der Waals surface area (Å²) in [7, 11) is 2.19. The Kier molecular flexibility index (Phi) is 3.80. The van der Waals surface area contributed by atoms with Crippen LogP contribution in [-0.4, -0.2) is 35.0 Å². The SMILES string of the molecule is CN1CCC(c2nc(-c3ccccc3)c3ccccc3n2)CC1. The molecule has 1 aromatic heterocycles. The molecule has 0 amide bonds. The van der Waals surface area contributed by atoms with E-state index in [-0.39, 0.29) is 0 Å². The molecule has 0 aliphatic carbocycles. The highest BCUT2D eigenvalue weighted by atomic mass is 15.1.